The highest BCUT2D eigenvalue weighted by molar-refractivity contribution is 5.94. The summed E-state index contributed by atoms with van der Waals surface area (Å²) in [5.41, 5.74) is 4.95. The third-order valence-corrected chi connectivity index (χ3v) is 4.45. The molecule has 3 heteroatoms. The summed E-state index contributed by atoms with van der Waals surface area (Å²) >= 11 is 0. The van der Waals surface area contributed by atoms with E-state index in [-0.39, 0.29) is 5.56 Å². The third kappa shape index (κ3) is 3.93. The van der Waals surface area contributed by atoms with Crippen molar-refractivity contribution >= 4 is 16.5 Å². The van der Waals surface area contributed by atoms with Gasteiger partial charge in [-0.2, -0.15) is 0 Å². The maximum atomic E-state index is 12.2. The molecule has 2 aromatic carbocycles. The molecule has 0 saturated heterocycles. The molecular weight excluding hydrogens is 334 g/mol. The maximum Gasteiger partial charge on any atom is 0.290 e. The van der Waals surface area contributed by atoms with E-state index in [0.717, 1.165) is 33.2 Å². The Morgan fingerprint density at radius 1 is 1.04 bits per heavy atom. The average Bonchev–Trinajstić information content (AvgIpc) is 2.70. The molecule has 0 spiro atoms. The van der Waals surface area contributed by atoms with Crippen LogP contribution in [0.1, 0.15) is 19.4 Å². The molecule has 0 aliphatic carbocycles. The second-order valence-electron chi connectivity index (χ2n) is 6.15. The van der Waals surface area contributed by atoms with Crippen molar-refractivity contribution in [2.45, 2.75) is 13.8 Å². The van der Waals surface area contributed by atoms with Crippen LogP contribution in [-0.4, -0.2) is 12.1 Å². The van der Waals surface area contributed by atoms with Crippen LogP contribution in [0.4, 0.5) is 0 Å². The van der Waals surface area contributed by atoms with Crippen LogP contribution in [-0.2, 0) is 0 Å². The van der Waals surface area contributed by atoms with Crippen LogP contribution in [0.25, 0.3) is 27.6 Å². The Morgan fingerprint density at radius 2 is 1.81 bits per heavy atom. The highest BCUT2D eigenvalue weighted by atomic mass is 16.5. The Kier molecular flexibility index (Phi) is 5.72. The maximum absolute atomic E-state index is 12.2. The van der Waals surface area contributed by atoms with Gasteiger partial charge >= 0.3 is 0 Å². The number of allylic oxidation sites excluding steroid dienone is 6. The molecule has 3 rings (SSSR count). The van der Waals surface area contributed by atoms with Gasteiger partial charge in [-0.3, -0.25) is 4.79 Å². The predicted octanol–water partition coefficient (Wildman–Crippen LogP) is 5.74. The molecule has 0 atom stereocenters. The molecule has 0 fully saturated rings. The largest absolute Gasteiger partial charge is 0.491 e. The van der Waals surface area contributed by atoms with E-state index in [4.69, 9.17) is 4.74 Å². The summed E-state index contributed by atoms with van der Waals surface area (Å²) in [4.78, 5) is 15.1. The van der Waals surface area contributed by atoms with Crippen LogP contribution in [0.5, 0.6) is 5.75 Å². The van der Waals surface area contributed by atoms with E-state index in [1.165, 1.54) is 7.11 Å². The zero-order valence-electron chi connectivity index (χ0n) is 15.8. The lowest BCUT2D eigenvalue weighted by Gasteiger charge is -2.14. The number of aromatic nitrogens is 1. The number of fused-ring (bicyclic) bond motifs is 1. The lowest BCUT2D eigenvalue weighted by Crippen LogP contribution is -2.09. The molecule has 0 radical (unpaired) electrons. The van der Waals surface area contributed by atoms with E-state index in [2.05, 4.69) is 35.3 Å². The molecular formula is C24H23NO2. The number of H-pyrrole nitrogens is 1. The first-order valence-electron chi connectivity index (χ1n) is 8.94. The molecule has 0 bridgehead atoms. The Labute approximate surface area is 159 Å². The Morgan fingerprint density at radius 3 is 2.48 bits per heavy atom. The molecule has 1 aromatic heterocycles. The third-order valence-electron chi connectivity index (χ3n) is 4.45. The molecule has 1 N–H and O–H groups in total. The summed E-state index contributed by atoms with van der Waals surface area (Å²) in [6.07, 6.45) is 10.2. The van der Waals surface area contributed by atoms with Crippen molar-refractivity contribution in [1.29, 1.82) is 0 Å². The number of rotatable bonds is 5. The van der Waals surface area contributed by atoms with Gasteiger partial charge in [0.1, 0.15) is 0 Å². The van der Waals surface area contributed by atoms with E-state index in [9.17, 15) is 4.79 Å². The molecule has 1 heterocycles. The van der Waals surface area contributed by atoms with Gasteiger partial charge in [-0.15, -0.1) is 0 Å². The minimum Gasteiger partial charge on any atom is -0.491 e. The van der Waals surface area contributed by atoms with Gasteiger partial charge in [0.15, 0.2) is 5.75 Å². The van der Waals surface area contributed by atoms with Crippen molar-refractivity contribution < 1.29 is 4.74 Å². The number of hydrogen-bond donors (Lipinski definition) is 1. The first kappa shape index (κ1) is 18.5. The van der Waals surface area contributed by atoms with Crippen LogP contribution in [0.15, 0.2) is 83.7 Å². The summed E-state index contributed by atoms with van der Waals surface area (Å²) in [6.45, 7) is 4.02. The first-order chi connectivity index (χ1) is 13.2. The Bertz CT molecular complexity index is 1090. The van der Waals surface area contributed by atoms with E-state index in [1.807, 2.05) is 56.3 Å². The fraction of sp³-hybridized carbons (Fsp3) is 0.125. The zero-order chi connectivity index (χ0) is 19.2. The summed E-state index contributed by atoms with van der Waals surface area (Å²) in [6, 6.07) is 16.1. The molecule has 0 saturated carbocycles. The second-order valence-corrected chi connectivity index (χ2v) is 6.15. The monoisotopic (exact) mass is 357 g/mol. The number of pyridine rings is 1. The van der Waals surface area contributed by atoms with Crippen LogP contribution in [0.2, 0.25) is 0 Å². The van der Waals surface area contributed by atoms with Gasteiger partial charge in [0.2, 0.25) is 0 Å². The number of ether oxygens (including phenoxy) is 1. The van der Waals surface area contributed by atoms with Gasteiger partial charge < -0.3 is 9.72 Å². The van der Waals surface area contributed by atoms with Crippen LogP contribution < -0.4 is 10.3 Å². The smallest absolute Gasteiger partial charge is 0.290 e. The molecule has 136 valence electrons. The number of nitrogens with one attached hydrogen (secondary N) is 1. The van der Waals surface area contributed by atoms with Crippen molar-refractivity contribution in [3.8, 4) is 16.9 Å². The van der Waals surface area contributed by atoms with E-state index in [0.29, 0.717) is 5.75 Å². The lowest BCUT2D eigenvalue weighted by molar-refractivity contribution is 0.409. The average molecular weight is 357 g/mol. The summed E-state index contributed by atoms with van der Waals surface area (Å²) in [5, 5.41) is 0.930. The minimum atomic E-state index is -0.226. The molecule has 27 heavy (non-hydrogen) atoms. The van der Waals surface area contributed by atoms with Crippen LogP contribution >= 0.6 is 0 Å². The van der Waals surface area contributed by atoms with Gasteiger partial charge in [0.25, 0.3) is 5.56 Å². The molecule has 3 aromatic rings. The zero-order valence-corrected chi connectivity index (χ0v) is 15.8. The Balaban J connectivity index is 2.30. The van der Waals surface area contributed by atoms with Gasteiger partial charge in [0.05, 0.1) is 7.11 Å². The first-order valence-corrected chi connectivity index (χ1v) is 8.94. The van der Waals surface area contributed by atoms with E-state index in [1.54, 1.807) is 6.07 Å². The highest BCUT2D eigenvalue weighted by Crippen LogP contribution is 2.33. The SMILES string of the molecule is C\C=C/C=C\C(=C/C)c1cc2cc(OC)c(=O)[nH]c2cc1-c1ccccc1. The van der Waals surface area contributed by atoms with Gasteiger partial charge in [-0.1, -0.05) is 60.7 Å². The van der Waals surface area contributed by atoms with Crippen molar-refractivity contribution in [2.24, 2.45) is 0 Å². The van der Waals surface area contributed by atoms with Crippen LogP contribution in [0.3, 0.4) is 0 Å². The topological polar surface area (TPSA) is 42.1 Å². The van der Waals surface area contributed by atoms with Crippen molar-refractivity contribution in [2.75, 3.05) is 7.11 Å². The number of benzene rings is 2. The molecule has 0 unspecified atom stereocenters. The van der Waals surface area contributed by atoms with E-state index < -0.39 is 0 Å². The van der Waals surface area contributed by atoms with Crippen molar-refractivity contribution in [3.63, 3.8) is 0 Å². The predicted molar refractivity (Wildman–Crippen MR) is 114 cm³/mol. The number of aromatic amines is 1. The molecule has 0 aliphatic heterocycles. The van der Waals surface area contributed by atoms with Gasteiger partial charge in [0, 0.05) is 10.9 Å². The summed E-state index contributed by atoms with van der Waals surface area (Å²) in [7, 11) is 1.51. The van der Waals surface area contributed by atoms with Crippen molar-refractivity contribution in [3.05, 3.63) is 94.8 Å². The van der Waals surface area contributed by atoms with Crippen molar-refractivity contribution in [1.82, 2.24) is 4.98 Å². The molecule has 3 nitrogen and oxygen atoms in total. The molecule has 0 aliphatic rings. The van der Waals surface area contributed by atoms with Crippen LogP contribution in [0, 0.1) is 0 Å². The number of hydrogen-bond acceptors (Lipinski definition) is 2. The highest BCUT2D eigenvalue weighted by Gasteiger charge is 2.12. The van der Waals surface area contributed by atoms with E-state index >= 15 is 0 Å². The second kappa shape index (κ2) is 8.37. The minimum absolute atomic E-state index is 0.226. The quantitative estimate of drug-likeness (QED) is 0.592. The number of methoxy groups -OCH3 is 1. The van der Waals surface area contributed by atoms with Gasteiger partial charge in [-0.05, 0) is 54.3 Å². The fourth-order valence-electron chi connectivity index (χ4n) is 3.09. The standard InChI is InChI=1S/C24H23NO2/c1-4-6-8-11-17(5-2)20-14-19-15-23(27-3)24(26)25-22(19)16-21(20)18-12-9-7-10-13-18/h4-16H,1-3H3,(H,25,26)/b6-4-,11-8-,17-5+. The summed E-state index contributed by atoms with van der Waals surface area (Å²) in [5.74, 6) is 0.312. The molecule has 0 amide bonds. The Hall–Kier alpha value is -3.33. The van der Waals surface area contributed by atoms with Gasteiger partial charge in [-0.25, -0.2) is 0 Å². The normalized spacial score (nSPS) is 12.3. The summed E-state index contributed by atoms with van der Waals surface area (Å²) < 4.78 is 5.19. The fourth-order valence-corrected chi connectivity index (χ4v) is 3.09. The lowest BCUT2D eigenvalue weighted by atomic mass is 9.92.